The molecular weight excluding hydrogens is 372 g/mol. The van der Waals surface area contributed by atoms with Gasteiger partial charge in [-0.2, -0.15) is 0 Å². The minimum atomic E-state index is -0.0519. The highest BCUT2D eigenvalue weighted by Crippen LogP contribution is 2.31. The van der Waals surface area contributed by atoms with Crippen molar-refractivity contribution < 1.29 is 4.79 Å². The molecule has 5 nitrogen and oxygen atoms in total. The van der Waals surface area contributed by atoms with Crippen LogP contribution in [-0.4, -0.2) is 34.0 Å². The zero-order chi connectivity index (χ0) is 20.3. The molecule has 0 saturated carbocycles. The van der Waals surface area contributed by atoms with Crippen LogP contribution in [0.25, 0.3) is 33.5 Å². The van der Waals surface area contributed by atoms with Crippen LogP contribution in [0.15, 0.2) is 78.9 Å². The van der Waals surface area contributed by atoms with Crippen LogP contribution in [0.2, 0.25) is 0 Å². The van der Waals surface area contributed by atoms with E-state index in [9.17, 15) is 4.79 Å². The number of benzene rings is 3. The zero-order valence-electron chi connectivity index (χ0n) is 16.6. The molecule has 30 heavy (non-hydrogen) atoms. The van der Waals surface area contributed by atoms with E-state index in [1.807, 2.05) is 83.8 Å². The third-order valence-corrected chi connectivity index (χ3v) is 5.40. The van der Waals surface area contributed by atoms with Gasteiger partial charge in [-0.25, -0.2) is 14.8 Å². The lowest BCUT2D eigenvalue weighted by Gasteiger charge is -2.16. The molecule has 0 radical (unpaired) electrons. The van der Waals surface area contributed by atoms with Crippen LogP contribution in [0.5, 0.6) is 0 Å². The molecule has 0 spiro atoms. The van der Waals surface area contributed by atoms with E-state index in [1.54, 1.807) is 0 Å². The van der Waals surface area contributed by atoms with E-state index >= 15 is 0 Å². The highest BCUT2D eigenvalue weighted by Gasteiger charge is 2.18. The number of amides is 2. The predicted octanol–water partition coefficient (Wildman–Crippen LogP) is 5.59. The predicted molar refractivity (Wildman–Crippen MR) is 120 cm³/mol. The van der Waals surface area contributed by atoms with Gasteiger partial charge in [0.25, 0.3) is 0 Å². The number of nitrogens with one attached hydrogen (secondary N) is 1. The van der Waals surface area contributed by atoms with E-state index in [1.165, 1.54) is 0 Å². The number of hydrogen-bond donors (Lipinski definition) is 1. The van der Waals surface area contributed by atoms with Crippen molar-refractivity contribution in [3.63, 3.8) is 0 Å². The largest absolute Gasteiger partial charge is 0.325 e. The molecule has 148 valence electrons. The van der Waals surface area contributed by atoms with Crippen molar-refractivity contribution in [2.24, 2.45) is 0 Å². The molecule has 5 rings (SSSR count). The zero-order valence-corrected chi connectivity index (χ0v) is 16.6. The molecule has 1 N–H and O–H groups in total. The highest BCUT2D eigenvalue weighted by atomic mass is 16.2. The first-order valence-electron chi connectivity index (χ1n) is 10.3. The normalized spacial score (nSPS) is 13.5. The van der Waals surface area contributed by atoms with Gasteiger partial charge in [0.15, 0.2) is 0 Å². The number of rotatable bonds is 3. The molecule has 0 bridgehead atoms. The number of fused-ring (bicyclic) bond motifs is 1. The fraction of sp³-hybridized carbons (Fsp3) is 0.160. The third-order valence-electron chi connectivity index (χ3n) is 5.40. The summed E-state index contributed by atoms with van der Waals surface area (Å²) in [5.74, 6) is 0. The topological polar surface area (TPSA) is 58.1 Å². The summed E-state index contributed by atoms with van der Waals surface area (Å²) in [7, 11) is 0. The number of anilines is 1. The van der Waals surface area contributed by atoms with Crippen molar-refractivity contribution in [1.82, 2.24) is 14.9 Å². The summed E-state index contributed by atoms with van der Waals surface area (Å²) in [6.45, 7) is 1.63. The standard InChI is InChI=1S/C25H22N4O/c30-25(29-15-7-8-16-29)26-20-13-14-21-22(17-20)28-24(19-11-5-2-6-12-19)23(27-21)18-9-3-1-4-10-18/h1-6,9-14,17H,7-8,15-16H2,(H,26,30). The minimum Gasteiger partial charge on any atom is -0.325 e. The van der Waals surface area contributed by atoms with E-state index < -0.39 is 0 Å². The Morgan fingerprint density at radius 2 is 1.30 bits per heavy atom. The molecule has 1 saturated heterocycles. The first-order chi connectivity index (χ1) is 14.8. The molecule has 0 aliphatic carbocycles. The van der Waals surface area contributed by atoms with Crippen molar-refractivity contribution >= 4 is 22.8 Å². The Morgan fingerprint density at radius 1 is 0.733 bits per heavy atom. The lowest BCUT2D eigenvalue weighted by atomic mass is 10.0. The number of hydrogen-bond acceptors (Lipinski definition) is 3. The quantitative estimate of drug-likeness (QED) is 0.493. The van der Waals surface area contributed by atoms with Crippen molar-refractivity contribution in [3.8, 4) is 22.5 Å². The van der Waals surface area contributed by atoms with Gasteiger partial charge in [0, 0.05) is 29.9 Å². The van der Waals surface area contributed by atoms with Crippen LogP contribution in [0, 0.1) is 0 Å². The molecule has 2 heterocycles. The summed E-state index contributed by atoms with van der Waals surface area (Å²) in [4.78, 5) is 24.2. The van der Waals surface area contributed by atoms with Gasteiger partial charge in [-0.1, -0.05) is 60.7 Å². The SMILES string of the molecule is O=C(Nc1ccc2nc(-c3ccccc3)c(-c3ccccc3)nc2c1)N1CCCC1. The van der Waals surface area contributed by atoms with Crippen LogP contribution in [0.3, 0.4) is 0 Å². The van der Waals surface area contributed by atoms with Crippen molar-refractivity contribution in [2.75, 3.05) is 18.4 Å². The second-order valence-electron chi connectivity index (χ2n) is 7.48. The minimum absolute atomic E-state index is 0.0519. The Balaban J connectivity index is 1.58. The van der Waals surface area contributed by atoms with Gasteiger partial charge in [0.2, 0.25) is 0 Å². The van der Waals surface area contributed by atoms with Crippen LogP contribution in [-0.2, 0) is 0 Å². The van der Waals surface area contributed by atoms with Gasteiger partial charge in [-0.15, -0.1) is 0 Å². The maximum Gasteiger partial charge on any atom is 0.321 e. The maximum absolute atomic E-state index is 12.5. The monoisotopic (exact) mass is 394 g/mol. The van der Waals surface area contributed by atoms with Crippen LogP contribution in [0.4, 0.5) is 10.5 Å². The van der Waals surface area contributed by atoms with E-state index in [0.29, 0.717) is 0 Å². The Kier molecular flexibility index (Phi) is 4.85. The molecule has 0 atom stereocenters. The summed E-state index contributed by atoms with van der Waals surface area (Å²) in [5, 5.41) is 3.00. The average molecular weight is 394 g/mol. The molecule has 1 aromatic heterocycles. The number of carbonyl (C=O) groups is 1. The average Bonchev–Trinajstić information content (AvgIpc) is 3.35. The Labute approximate surface area is 175 Å². The highest BCUT2D eigenvalue weighted by molar-refractivity contribution is 5.93. The van der Waals surface area contributed by atoms with E-state index in [0.717, 1.165) is 65.2 Å². The molecule has 3 aromatic carbocycles. The van der Waals surface area contributed by atoms with Gasteiger partial charge < -0.3 is 10.2 Å². The Morgan fingerprint density at radius 3 is 1.90 bits per heavy atom. The molecule has 2 amide bonds. The number of aromatic nitrogens is 2. The van der Waals surface area contributed by atoms with Crippen LogP contribution >= 0.6 is 0 Å². The fourth-order valence-corrected chi connectivity index (χ4v) is 3.85. The number of likely N-dealkylation sites (tertiary alicyclic amines) is 1. The van der Waals surface area contributed by atoms with E-state index in [4.69, 9.17) is 9.97 Å². The van der Waals surface area contributed by atoms with Crippen LogP contribution < -0.4 is 5.32 Å². The van der Waals surface area contributed by atoms with Gasteiger partial charge >= 0.3 is 6.03 Å². The van der Waals surface area contributed by atoms with Gasteiger partial charge in [-0.3, -0.25) is 0 Å². The first-order valence-corrected chi connectivity index (χ1v) is 10.3. The van der Waals surface area contributed by atoms with Crippen LogP contribution in [0.1, 0.15) is 12.8 Å². The summed E-state index contributed by atoms with van der Waals surface area (Å²) in [6.07, 6.45) is 2.14. The second-order valence-corrected chi connectivity index (χ2v) is 7.48. The smallest absolute Gasteiger partial charge is 0.321 e. The van der Waals surface area contributed by atoms with Gasteiger partial charge in [0.05, 0.1) is 22.4 Å². The third kappa shape index (κ3) is 3.62. The molecule has 1 aliphatic rings. The lowest BCUT2D eigenvalue weighted by molar-refractivity contribution is 0.222. The van der Waals surface area contributed by atoms with Gasteiger partial charge in [0.1, 0.15) is 0 Å². The molecule has 1 fully saturated rings. The summed E-state index contributed by atoms with van der Waals surface area (Å²) >= 11 is 0. The second kappa shape index (κ2) is 7.95. The fourth-order valence-electron chi connectivity index (χ4n) is 3.85. The van der Waals surface area contributed by atoms with E-state index in [2.05, 4.69) is 5.32 Å². The lowest BCUT2D eigenvalue weighted by Crippen LogP contribution is -2.32. The molecule has 5 heteroatoms. The number of nitrogens with zero attached hydrogens (tertiary/aromatic N) is 3. The van der Waals surface area contributed by atoms with Crippen molar-refractivity contribution in [3.05, 3.63) is 78.9 Å². The van der Waals surface area contributed by atoms with Gasteiger partial charge in [-0.05, 0) is 31.0 Å². The van der Waals surface area contributed by atoms with E-state index in [-0.39, 0.29) is 6.03 Å². The number of urea groups is 1. The Hall–Kier alpha value is -3.73. The molecule has 4 aromatic rings. The summed E-state index contributed by atoms with van der Waals surface area (Å²) in [5.41, 5.74) is 6.01. The van der Waals surface area contributed by atoms with Crippen molar-refractivity contribution in [1.29, 1.82) is 0 Å². The molecular formula is C25H22N4O. The summed E-state index contributed by atoms with van der Waals surface area (Å²) in [6, 6.07) is 25.8. The molecule has 1 aliphatic heterocycles. The Bertz CT molecular complexity index is 1190. The number of carbonyl (C=O) groups excluding carboxylic acids is 1. The maximum atomic E-state index is 12.5. The van der Waals surface area contributed by atoms with Crippen molar-refractivity contribution in [2.45, 2.75) is 12.8 Å². The first kappa shape index (κ1) is 18.3. The summed E-state index contributed by atoms with van der Waals surface area (Å²) < 4.78 is 0. The molecule has 0 unspecified atom stereocenters.